The van der Waals surface area contributed by atoms with Gasteiger partial charge in [-0.05, 0) is 51.7 Å². The lowest BCUT2D eigenvalue weighted by Gasteiger charge is -2.13. The fraction of sp³-hybridized carbons (Fsp3) is 0.688. The number of primary amides is 1. The van der Waals surface area contributed by atoms with Crippen molar-refractivity contribution in [3.05, 3.63) is 24.3 Å². The summed E-state index contributed by atoms with van der Waals surface area (Å²) in [5.74, 6) is -0.386. The Balaban J connectivity index is 1.81. The van der Waals surface area contributed by atoms with Gasteiger partial charge >= 0.3 is 0 Å². The number of rotatable bonds is 10. The second-order valence-electron chi connectivity index (χ2n) is 5.29. The van der Waals surface area contributed by atoms with Crippen LogP contribution < -0.4 is 5.73 Å². The number of hydrogen-bond donors (Lipinski definition) is 1. The predicted octanol–water partition coefficient (Wildman–Crippen LogP) is 3.02. The summed E-state index contributed by atoms with van der Waals surface area (Å²) in [4.78, 5) is 13.0. The molecule has 108 valence electrons. The van der Waals surface area contributed by atoms with Gasteiger partial charge < -0.3 is 10.6 Å². The first-order valence-corrected chi connectivity index (χ1v) is 7.64. The number of amides is 1. The summed E-state index contributed by atoms with van der Waals surface area (Å²) < 4.78 is 0. The summed E-state index contributed by atoms with van der Waals surface area (Å²) in [6, 6.07) is 0. The van der Waals surface area contributed by atoms with E-state index in [1.165, 1.54) is 70.7 Å². The second-order valence-corrected chi connectivity index (χ2v) is 5.29. The molecule has 2 N–H and O–H groups in total. The number of allylic oxidation sites excluding steroid dienone is 3. The zero-order valence-electron chi connectivity index (χ0n) is 12.0. The van der Waals surface area contributed by atoms with Crippen molar-refractivity contribution in [2.24, 2.45) is 5.73 Å². The van der Waals surface area contributed by atoms with Crippen LogP contribution in [0.5, 0.6) is 0 Å². The molecule has 1 heterocycles. The summed E-state index contributed by atoms with van der Waals surface area (Å²) in [5, 5.41) is 0. The molecule has 1 fully saturated rings. The lowest BCUT2D eigenvalue weighted by Crippen LogP contribution is -2.20. The fourth-order valence-corrected chi connectivity index (χ4v) is 2.46. The summed E-state index contributed by atoms with van der Waals surface area (Å²) in [5.41, 5.74) is 4.98. The van der Waals surface area contributed by atoms with Crippen LogP contribution >= 0.6 is 0 Å². The topological polar surface area (TPSA) is 46.3 Å². The number of nitrogens with two attached hydrogens (primary N) is 1. The van der Waals surface area contributed by atoms with Gasteiger partial charge in [-0.1, -0.05) is 37.5 Å². The van der Waals surface area contributed by atoms with E-state index in [0.29, 0.717) is 0 Å². The maximum absolute atomic E-state index is 10.4. The quantitative estimate of drug-likeness (QED) is 0.374. The van der Waals surface area contributed by atoms with Crippen molar-refractivity contribution in [1.82, 2.24) is 4.90 Å². The molecule has 0 atom stereocenters. The van der Waals surface area contributed by atoms with Crippen LogP contribution in [-0.2, 0) is 4.79 Å². The molecule has 1 rings (SSSR count). The Hall–Kier alpha value is -1.09. The minimum absolute atomic E-state index is 0.386. The van der Waals surface area contributed by atoms with Gasteiger partial charge in [0.2, 0.25) is 5.91 Å². The van der Waals surface area contributed by atoms with Crippen LogP contribution in [-0.4, -0.2) is 30.4 Å². The molecule has 3 nitrogen and oxygen atoms in total. The molecule has 0 aromatic heterocycles. The normalized spacial score (nSPS) is 16.8. The average Bonchev–Trinajstić information content (AvgIpc) is 2.88. The third-order valence-corrected chi connectivity index (χ3v) is 3.55. The van der Waals surface area contributed by atoms with Crippen molar-refractivity contribution in [2.45, 2.75) is 51.4 Å². The standard InChI is InChI=1S/C16H28N2O/c17-16(19)12-8-6-4-2-1-3-5-7-9-13-18-14-10-11-15-18/h4,6,8,12H,1-3,5,7,9-11,13-15H2,(H2,17,19)/b6-4+,12-8?. The molecule has 0 aromatic carbocycles. The Bertz CT molecular complexity index is 291. The molecule has 19 heavy (non-hydrogen) atoms. The first kappa shape index (κ1) is 16.0. The molecule has 0 aliphatic carbocycles. The van der Waals surface area contributed by atoms with Crippen LogP contribution in [0.3, 0.4) is 0 Å². The number of nitrogens with zero attached hydrogens (tertiary/aromatic N) is 1. The van der Waals surface area contributed by atoms with E-state index in [9.17, 15) is 4.79 Å². The van der Waals surface area contributed by atoms with E-state index in [0.717, 1.165) is 6.42 Å². The SMILES string of the molecule is NC(=O)C=C/C=C/CCCCCCCN1CCCC1. The highest BCUT2D eigenvalue weighted by atomic mass is 16.1. The Labute approximate surface area is 117 Å². The summed E-state index contributed by atoms with van der Waals surface area (Å²) in [7, 11) is 0. The van der Waals surface area contributed by atoms with Crippen LogP contribution in [0.2, 0.25) is 0 Å². The fourth-order valence-electron chi connectivity index (χ4n) is 2.46. The van der Waals surface area contributed by atoms with Crippen molar-refractivity contribution in [1.29, 1.82) is 0 Å². The third kappa shape index (κ3) is 9.48. The first-order chi connectivity index (χ1) is 9.29. The summed E-state index contributed by atoms with van der Waals surface area (Å²) in [6.45, 7) is 3.95. The van der Waals surface area contributed by atoms with E-state index >= 15 is 0 Å². The van der Waals surface area contributed by atoms with Gasteiger partial charge in [0.15, 0.2) is 0 Å². The average molecular weight is 264 g/mol. The summed E-state index contributed by atoms with van der Waals surface area (Å²) in [6.07, 6.45) is 17.6. The third-order valence-electron chi connectivity index (χ3n) is 3.55. The van der Waals surface area contributed by atoms with Crippen LogP contribution in [0.15, 0.2) is 24.3 Å². The molecule has 3 heteroatoms. The zero-order chi connectivity index (χ0) is 13.8. The number of carbonyl (C=O) groups is 1. The van der Waals surface area contributed by atoms with E-state index in [4.69, 9.17) is 5.73 Å². The van der Waals surface area contributed by atoms with Crippen molar-refractivity contribution in [2.75, 3.05) is 19.6 Å². The van der Waals surface area contributed by atoms with Crippen molar-refractivity contribution in [3.63, 3.8) is 0 Å². The Morgan fingerprint density at radius 1 is 1.00 bits per heavy atom. The van der Waals surface area contributed by atoms with E-state index in [2.05, 4.69) is 11.0 Å². The molecule has 1 amide bonds. The molecule has 0 aromatic rings. The van der Waals surface area contributed by atoms with Gasteiger partial charge in [-0.3, -0.25) is 4.79 Å². The van der Waals surface area contributed by atoms with Gasteiger partial charge in [0.25, 0.3) is 0 Å². The molecule has 0 saturated carbocycles. The van der Waals surface area contributed by atoms with Crippen LogP contribution in [0, 0.1) is 0 Å². The molecule has 1 saturated heterocycles. The lowest BCUT2D eigenvalue weighted by molar-refractivity contribution is -0.113. The maximum Gasteiger partial charge on any atom is 0.241 e. The molecular weight excluding hydrogens is 236 g/mol. The van der Waals surface area contributed by atoms with Crippen LogP contribution in [0.1, 0.15) is 51.4 Å². The van der Waals surface area contributed by atoms with E-state index < -0.39 is 0 Å². The minimum atomic E-state index is -0.386. The summed E-state index contributed by atoms with van der Waals surface area (Å²) >= 11 is 0. The van der Waals surface area contributed by atoms with Crippen LogP contribution in [0.4, 0.5) is 0 Å². The van der Waals surface area contributed by atoms with Crippen molar-refractivity contribution < 1.29 is 4.79 Å². The van der Waals surface area contributed by atoms with Gasteiger partial charge in [0, 0.05) is 6.08 Å². The van der Waals surface area contributed by atoms with Crippen molar-refractivity contribution >= 4 is 5.91 Å². The lowest BCUT2D eigenvalue weighted by atomic mass is 10.1. The first-order valence-electron chi connectivity index (χ1n) is 7.64. The number of carbonyl (C=O) groups excluding carboxylic acids is 1. The Morgan fingerprint density at radius 3 is 2.42 bits per heavy atom. The van der Waals surface area contributed by atoms with E-state index in [1.807, 2.05) is 6.08 Å². The number of unbranched alkanes of at least 4 members (excludes halogenated alkanes) is 5. The van der Waals surface area contributed by atoms with Gasteiger partial charge in [-0.2, -0.15) is 0 Å². The highest BCUT2D eigenvalue weighted by Gasteiger charge is 2.09. The van der Waals surface area contributed by atoms with Gasteiger partial charge in [0.1, 0.15) is 0 Å². The van der Waals surface area contributed by atoms with Crippen molar-refractivity contribution in [3.8, 4) is 0 Å². The van der Waals surface area contributed by atoms with Gasteiger partial charge in [-0.25, -0.2) is 0 Å². The van der Waals surface area contributed by atoms with Gasteiger partial charge in [0.05, 0.1) is 0 Å². The highest BCUT2D eigenvalue weighted by Crippen LogP contribution is 2.10. The van der Waals surface area contributed by atoms with Gasteiger partial charge in [-0.15, -0.1) is 0 Å². The minimum Gasteiger partial charge on any atom is -0.366 e. The van der Waals surface area contributed by atoms with E-state index in [1.54, 1.807) is 6.08 Å². The molecule has 0 unspecified atom stereocenters. The second kappa shape index (κ2) is 10.8. The molecule has 1 aliphatic heterocycles. The number of likely N-dealkylation sites (tertiary alicyclic amines) is 1. The highest BCUT2D eigenvalue weighted by molar-refractivity contribution is 5.85. The smallest absolute Gasteiger partial charge is 0.241 e. The molecular formula is C16H28N2O. The van der Waals surface area contributed by atoms with Crippen LogP contribution in [0.25, 0.3) is 0 Å². The molecule has 0 radical (unpaired) electrons. The predicted molar refractivity (Wildman–Crippen MR) is 80.9 cm³/mol. The zero-order valence-corrected chi connectivity index (χ0v) is 12.0. The monoisotopic (exact) mass is 264 g/mol. The molecule has 0 spiro atoms. The Morgan fingerprint density at radius 2 is 1.68 bits per heavy atom. The largest absolute Gasteiger partial charge is 0.366 e. The molecule has 1 aliphatic rings. The maximum atomic E-state index is 10.4. The molecule has 0 bridgehead atoms. The van der Waals surface area contributed by atoms with E-state index in [-0.39, 0.29) is 5.91 Å². The number of hydrogen-bond acceptors (Lipinski definition) is 2. The Kier molecular flexibility index (Phi) is 9.07.